The Kier molecular flexibility index (Phi) is 4.27. The third-order valence-corrected chi connectivity index (χ3v) is 4.31. The first-order valence-electron chi connectivity index (χ1n) is 8.15. The number of fused-ring (bicyclic) bond motifs is 1. The lowest BCUT2D eigenvalue weighted by atomic mass is 10.1. The molecule has 0 aliphatic rings. The van der Waals surface area contributed by atoms with Crippen LogP contribution in [0.2, 0.25) is 5.02 Å². The molecule has 1 aromatic heterocycles. The summed E-state index contributed by atoms with van der Waals surface area (Å²) in [7, 11) is 0. The highest BCUT2D eigenvalue weighted by Gasteiger charge is 2.10. The predicted molar refractivity (Wildman–Crippen MR) is 104 cm³/mol. The Morgan fingerprint density at radius 1 is 0.885 bits per heavy atom. The lowest BCUT2D eigenvalue weighted by molar-refractivity contribution is 0.628. The molecular weight excluding hydrogens is 349 g/mol. The van der Waals surface area contributed by atoms with Crippen LogP contribution < -0.4 is 5.32 Å². The third kappa shape index (κ3) is 3.37. The average Bonchev–Trinajstić information content (AvgIpc) is 2.63. The SMILES string of the molecule is Cc1ccc(-c2nc(Nc3ccc(F)cc3)c3ccc(Cl)cc3n2)cc1. The van der Waals surface area contributed by atoms with Gasteiger partial charge in [0.15, 0.2) is 5.82 Å². The summed E-state index contributed by atoms with van der Waals surface area (Å²) < 4.78 is 13.2. The van der Waals surface area contributed by atoms with E-state index in [2.05, 4.69) is 15.3 Å². The van der Waals surface area contributed by atoms with E-state index in [9.17, 15) is 4.39 Å². The van der Waals surface area contributed by atoms with Crippen molar-refractivity contribution in [2.45, 2.75) is 6.92 Å². The molecule has 0 aliphatic heterocycles. The van der Waals surface area contributed by atoms with Crippen LogP contribution in [0.3, 0.4) is 0 Å². The zero-order valence-corrected chi connectivity index (χ0v) is 14.8. The van der Waals surface area contributed by atoms with Crippen molar-refractivity contribution in [2.24, 2.45) is 0 Å². The molecule has 3 nitrogen and oxygen atoms in total. The minimum Gasteiger partial charge on any atom is -0.340 e. The maximum atomic E-state index is 13.2. The summed E-state index contributed by atoms with van der Waals surface area (Å²) in [5.41, 5.74) is 3.57. The molecule has 0 atom stereocenters. The first-order valence-corrected chi connectivity index (χ1v) is 8.53. The highest BCUT2D eigenvalue weighted by Crippen LogP contribution is 2.29. The smallest absolute Gasteiger partial charge is 0.162 e. The number of hydrogen-bond acceptors (Lipinski definition) is 3. The van der Waals surface area contributed by atoms with Crippen LogP contribution in [-0.4, -0.2) is 9.97 Å². The summed E-state index contributed by atoms with van der Waals surface area (Å²) in [6, 6.07) is 19.7. The molecule has 3 aromatic carbocycles. The quantitative estimate of drug-likeness (QED) is 0.475. The maximum absolute atomic E-state index is 13.2. The van der Waals surface area contributed by atoms with Crippen LogP contribution in [-0.2, 0) is 0 Å². The number of hydrogen-bond donors (Lipinski definition) is 1. The van der Waals surface area contributed by atoms with E-state index >= 15 is 0 Å². The lowest BCUT2D eigenvalue weighted by Crippen LogP contribution is -1.99. The topological polar surface area (TPSA) is 37.8 Å². The Morgan fingerprint density at radius 3 is 2.35 bits per heavy atom. The van der Waals surface area contributed by atoms with Gasteiger partial charge in [0.25, 0.3) is 0 Å². The van der Waals surface area contributed by atoms with E-state index in [4.69, 9.17) is 11.6 Å². The Balaban J connectivity index is 1.86. The van der Waals surface area contributed by atoms with Gasteiger partial charge in [-0.1, -0.05) is 41.4 Å². The van der Waals surface area contributed by atoms with Crippen LogP contribution in [0.5, 0.6) is 0 Å². The molecule has 0 bridgehead atoms. The molecule has 5 heteroatoms. The normalized spacial score (nSPS) is 10.9. The fourth-order valence-electron chi connectivity index (χ4n) is 2.70. The van der Waals surface area contributed by atoms with Crippen molar-refractivity contribution in [3.05, 3.63) is 83.1 Å². The largest absolute Gasteiger partial charge is 0.340 e. The van der Waals surface area contributed by atoms with E-state index in [0.29, 0.717) is 16.7 Å². The molecule has 26 heavy (non-hydrogen) atoms. The van der Waals surface area contributed by atoms with Crippen molar-refractivity contribution in [2.75, 3.05) is 5.32 Å². The molecule has 128 valence electrons. The summed E-state index contributed by atoms with van der Waals surface area (Å²) >= 11 is 6.15. The predicted octanol–water partition coefficient (Wildman–Crippen LogP) is 6.14. The first-order chi connectivity index (χ1) is 12.6. The van der Waals surface area contributed by atoms with E-state index in [1.54, 1.807) is 18.2 Å². The molecular formula is C21H15ClFN3. The molecule has 0 fully saturated rings. The molecule has 0 radical (unpaired) electrons. The number of aryl methyl sites for hydroxylation is 1. The second-order valence-corrected chi connectivity index (χ2v) is 6.49. The van der Waals surface area contributed by atoms with Gasteiger partial charge < -0.3 is 5.32 Å². The molecule has 0 saturated heterocycles. The monoisotopic (exact) mass is 363 g/mol. The molecule has 4 aromatic rings. The minimum atomic E-state index is -0.282. The molecule has 4 rings (SSSR count). The fourth-order valence-corrected chi connectivity index (χ4v) is 2.87. The average molecular weight is 364 g/mol. The van der Waals surface area contributed by atoms with E-state index in [1.165, 1.54) is 17.7 Å². The van der Waals surface area contributed by atoms with Gasteiger partial charge in [-0.3, -0.25) is 0 Å². The molecule has 0 spiro atoms. The third-order valence-electron chi connectivity index (χ3n) is 4.08. The second kappa shape index (κ2) is 6.73. The van der Waals surface area contributed by atoms with Crippen molar-refractivity contribution in [1.29, 1.82) is 0 Å². The minimum absolute atomic E-state index is 0.282. The number of nitrogens with one attached hydrogen (secondary N) is 1. The van der Waals surface area contributed by atoms with Gasteiger partial charge >= 0.3 is 0 Å². The van der Waals surface area contributed by atoms with Crippen molar-refractivity contribution in [3.63, 3.8) is 0 Å². The molecule has 0 saturated carbocycles. The molecule has 0 aliphatic carbocycles. The summed E-state index contributed by atoms with van der Waals surface area (Å²) in [6.45, 7) is 2.03. The number of nitrogens with zero attached hydrogens (tertiary/aromatic N) is 2. The molecule has 1 N–H and O–H groups in total. The summed E-state index contributed by atoms with van der Waals surface area (Å²) in [4.78, 5) is 9.35. The van der Waals surface area contributed by atoms with Crippen molar-refractivity contribution in [3.8, 4) is 11.4 Å². The summed E-state index contributed by atoms with van der Waals surface area (Å²) in [6.07, 6.45) is 0. The van der Waals surface area contributed by atoms with Gasteiger partial charge in [-0.2, -0.15) is 0 Å². The zero-order valence-electron chi connectivity index (χ0n) is 14.0. The Hall–Kier alpha value is -2.98. The van der Waals surface area contributed by atoms with E-state index < -0.39 is 0 Å². The first kappa shape index (κ1) is 16.5. The van der Waals surface area contributed by atoms with Crippen molar-refractivity contribution >= 4 is 34.0 Å². The van der Waals surface area contributed by atoms with Gasteiger partial charge in [0.05, 0.1) is 5.52 Å². The number of anilines is 2. The van der Waals surface area contributed by atoms with Crippen LogP contribution in [0.25, 0.3) is 22.3 Å². The van der Waals surface area contributed by atoms with Crippen LogP contribution in [0, 0.1) is 12.7 Å². The van der Waals surface area contributed by atoms with Gasteiger partial charge in [0.1, 0.15) is 11.6 Å². The standard InChI is InChI=1S/C21H15ClFN3/c1-13-2-4-14(5-3-13)20-25-19-12-15(22)6-11-18(19)21(26-20)24-17-9-7-16(23)8-10-17/h2-12H,1H3,(H,24,25,26). The Morgan fingerprint density at radius 2 is 1.62 bits per heavy atom. The summed E-state index contributed by atoms with van der Waals surface area (Å²) in [5, 5.41) is 4.71. The molecule has 0 amide bonds. The van der Waals surface area contributed by atoms with E-state index in [-0.39, 0.29) is 5.82 Å². The van der Waals surface area contributed by atoms with Crippen LogP contribution in [0.4, 0.5) is 15.9 Å². The van der Waals surface area contributed by atoms with Gasteiger partial charge in [-0.15, -0.1) is 0 Å². The van der Waals surface area contributed by atoms with Gasteiger partial charge in [-0.05, 0) is 49.4 Å². The lowest BCUT2D eigenvalue weighted by Gasteiger charge is -2.11. The van der Waals surface area contributed by atoms with Crippen LogP contribution in [0.15, 0.2) is 66.7 Å². The maximum Gasteiger partial charge on any atom is 0.162 e. The van der Waals surface area contributed by atoms with Crippen LogP contribution >= 0.6 is 11.6 Å². The number of rotatable bonds is 3. The highest BCUT2D eigenvalue weighted by molar-refractivity contribution is 6.31. The Labute approximate surface area is 155 Å². The zero-order chi connectivity index (χ0) is 18.1. The molecule has 0 unspecified atom stereocenters. The second-order valence-electron chi connectivity index (χ2n) is 6.06. The van der Waals surface area contributed by atoms with Gasteiger partial charge in [0.2, 0.25) is 0 Å². The fraction of sp³-hybridized carbons (Fsp3) is 0.0476. The van der Waals surface area contributed by atoms with Crippen molar-refractivity contribution in [1.82, 2.24) is 9.97 Å². The van der Waals surface area contributed by atoms with E-state index in [1.807, 2.05) is 43.3 Å². The van der Waals surface area contributed by atoms with Gasteiger partial charge in [0, 0.05) is 21.7 Å². The summed E-state index contributed by atoms with van der Waals surface area (Å²) in [5.74, 6) is 0.966. The molecule has 1 heterocycles. The van der Waals surface area contributed by atoms with Crippen molar-refractivity contribution < 1.29 is 4.39 Å². The van der Waals surface area contributed by atoms with Gasteiger partial charge in [-0.25, -0.2) is 14.4 Å². The number of benzene rings is 3. The Bertz CT molecular complexity index is 1080. The van der Waals surface area contributed by atoms with E-state index in [0.717, 1.165) is 22.2 Å². The number of halogens is 2. The number of aromatic nitrogens is 2. The highest BCUT2D eigenvalue weighted by atomic mass is 35.5. The van der Waals surface area contributed by atoms with Crippen LogP contribution in [0.1, 0.15) is 5.56 Å².